The van der Waals surface area contributed by atoms with Crippen LogP contribution in [0.15, 0.2) is 29.2 Å². The van der Waals surface area contributed by atoms with Gasteiger partial charge in [0.05, 0.1) is 0 Å². The van der Waals surface area contributed by atoms with Crippen LogP contribution >= 0.6 is 0 Å². The Hall–Kier alpha value is -1.23. The Morgan fingerprint density at radius 1 is 1.25 bits per heavy atom. The third-order valence-electron chi connectivity index (χ3n) is 2.77. The van der Waals surface area contributed by atoms with E-state index in [1.54, 1.807) is 0 Å². The maximum atomic E-state index is 13.4. The summed E-state index contributed by atoms with van der Waals surface area (Å²) in [6, 6.07) is 5.17. The van der Waals surface area contributed by atoms with Crippen LogP contribution in [0.25, 0.3) is 0 Å². The van der Waals surface area contributed by atoms with Crippen LogP contribution < -0.4 is 0 Å². The molecule has 0 aliphatic heterocycles. The van der Waals surface area contributed by atoms with E-state index >= 15 is 0 Å². The first-order chi connectivity index (χ1) is 7.53. The van der Waals surface area contributed by atoms with Crippen LogP contribution in [0.1, 0.15) is 19.3 Å². The highest BCUT2D eigenvalue weighted by atomic mass is 32.2. The number of hydrogen-bond donors (Lipinski definition) is 0. The number of Topliss-reactive ketones (excluding diaryl/α,β-unsaturated/α-hetero) is 1. The molecule has 0 radical (unpaired) electrons. The van der Waals surface area contributed by atoms with Crippen LogP contribution in [-0.4, -0.2) is 19.5 Å². The van der Waals surface area contributed by atoms with E-state index in [2.05, 4.69) is 0 Å². The zero-order chi connectivity index (χ0) is 11.8. The molecular formula is C11H11FO3S. The van der Waals surface area contributed by atoms with Gasteiger partial charge in [0.25, 0.3) is 0 Å². The van der Waals surface area contributed by atoms with Crippen molar-refractivity contribution in [3.63, 3.8) is 0 Å². The molecule has 2 rings (SSSR count). The van der Waals surface area contributed by atoms with E-state index in [1.807, 2.05) is 0 Å². The van der Waals surface area contributed by atoms with Crippen molar-refractivity contribution in [2.24, 2.45) is 0 Å². The van der Waals surface area contributed by atoms with Crippen LogP contribution in [0, 0.1) is 5.82 Å². The first-order valence-corrected chi connectivity index (χ1v) is 6.59. The summed E-state index contributed by atoms with van der Waals surface area (Å²) >= 11 is 0. The van der Waals surface area contributed by atoms with Gasteiger partial charge in [0.15, 0.2) is 15.6 Å². The molecule has 0 spiro atoms. The van der Waals surface area contributed by atoms with E-state index in [0.717, 1.165) is 6.07 Å². The summed E-state index contributed by atoms with van der Waals surface area (Å²) in [5.41, 5.74) is 0. The maximum Gasteiger partial charge on any atom is 0.191 e. The average Bonchev–Trinajstić information content (AvgIpc) is 2.65. The monoisotopic (exact) mass is 242 g/mol. The highest BCUT2D eigenvalue weighted by Crippen LogP contribution is 2.28. The summed E-state index contributed by atoms with van der Waals surface area (Å²) in [7, 11) is -3.84. The van der Waals surface area contributed by atoms with Crippen LogP contribution in [-0.2, 0) is 14.6 Å². The average molecular weight is 242 g/mol. The Balaban J connectivity index is 2.47. The molecule has 0 N–H and O–H groups in total. The molecule has 1 saturated carbocycles. The Morgan fingerprint density at radius 2 is 1.94 bits per heavy atom. The molecule has 1 aromatic rings. The van der Waals surface area contributed by atoms with Crippen molar-refractivity contribution in [1.29, 1.82) is 0 Å². The molecule has 0 saturated heterocycles. The molecule has 1 fully saturated rings. The predicted octanol–water partition coefficient (Wildman–Crippen LogP) is 1.72. The Kier molecular flexibility index (Phi) is 2.80. The molecule has 1 aromatic carbocycles. The number of ketones is 1. The minimum atomic E-state index is -3.84. The summed E-state index contributed by atoms with van der Waals surface area (Å²) < 4.78 is 37.4. The summed E-state index contributed by atoms with van der Waals surface area (Å²) in [6.45, 7) is 0. The molecule has 3 nitrogen and oxygen atoms in total. The normalized spacial score (nSPS) is 21.3. The number of halogens is 1. The van der Waals surface area contributed by atoms with E-state index in [1.165, 1.54) is 18.2 Å². The standard InChI is InChI=1S/C11H11FO3S/c12-8-4-1-2-6-10(8)16(14,15)11-7-3-5-9(11)13/h1-2,4,6,11H,3,5,7H2. The van der Waals surface area contributed by atoms with E-state index < -0.39 is 20.9 Å². The van der Waals surface area contributed by atoms with Gasteiger partial charge < -0.3 is 0 Å². The van der Waals surface area contributed by atoms with Gasteiger partial charge in [0.2, 0.25) is 0 Å². The second kappa shape index (κ2) is 3.97. The molecule has 0 amide bonds. The van der Waals surface area contributed by atoms with Gasteiger partial charge in [-0.05, 0) is 25.0 Å². The van der Waals surface area contributed by atoms with Crippen molar-refractivity contribution in [2.45, 2.75) is 29.4 Å². The first kappa shape index (κ1) is 11.3. The topological polar surface area (TPSA) is 51.2 Å². The SMILES string of the molecule is O=C1CCCC1S(=O)(=O)c1ccccc1F. The molecule has 1 unspecified atom stereocenters. The Morgan fingerprint density at radius 3 is 2.50 bits per heavy atom. The molecular weight excluding hydrogens is 231 g/mol. The fourth-order valence-electron chi connectivity index (χ4n) is 1.94. The number of rotatable bonds is 2. The summed E-state index contributed by atoms with van der Waals surface area (Å²) in [4.78, 5) is 11.0. The molecule has 0 bridgehead atoms. The number of benzene rings is 1. The van der Waals surface area contributed by atoms with Gasteiger partial charge in [0, 0.05) is 6.42 Å². The molecule has 86 valence electrons. The highest BCUT2D eigenvalue weighted by molar-refractivity contribution is 7.92. The van der Waals surface area contributed by atoms with Crippen molar-refractivity contribution in [3.05, 3.63) is 30.1 Å². The molecule has 1 atom stereocenters. The minimum Gasteiger partial charge on any atom is -0.298 e. The van der Waals surface area contributed by atoms with Gasteiger partial charge in [-0.15, -0.1) is 0 Å². The first-order valence-electron chi connectivity index (χ1n) is 5.04. The van der Waals surface area contributed by atoms with E-state index in [0.29, 0.717) is 12.8 Å². The lowest BCUT2D eigenvalue weighted by molar-refractivity contribution is -0.117. The van der Waals surface area contributed by atoms with Crippen molar-refractivity contribution >= 4 is 15.6 Å². The smallest absolute Gasteiger partial charge is 0.191 e. The van der Waals surface area contributed by atoms with Crippen molar-refractivity contribution in [2.75, 3.05) is 0 Å². The highest BCUT2D eigenvalue weighted by Gasteiger charge is 2.38. The van der Waals surface area contributed by atoms with Gasteiger partial charge in [0.1, 0.15) is 16.0 Å². The number of carbonyl (C=O) groups is 1. The lowest BCUT2D eigenvalue weighted by Crippen LogP contribution is -2.26. The number of carbonyl (C=O) groups excluding carboxylic acids is 1. The zero-order valence-corrected chi connectivity index (χ0v) is 9.34. The van der Waals surface area contributed by atoms with Crippen molar-refractivity contribution < 1.29 is 17.6 Å². The van der Waals surface area contributed by atoms with Crippen molar-refractivity contribution in [1.82, 2.24) is 0 Å². The number of hydrogen-bond acceptors (Lipinski definition) is 3. The van der Waals surface area contributed by atoms with Crippen LogP contribution in [0.4, 0.5) is 4.39 Å². The van der Waals surface area contributed by atoms with Gasteiger partial charge in [-0.3, -0.25) is 4.79 Å². The van der Waals surface area contributed by atoms with Gasteiger partial charge in [-0.1, -0.05) is 12.1 Å². The van der Waals surface area contributed by atoms with Crippen molar-refractivity contribution in [3.8, 4) is 0 Å². The quantitative estimate of drug-likeness (QED) is 0.793. The third kappa shape index (κ3) is 1.75. The van der Waals surface area contributed by atoms with E-state index in [-0.39, 0.29) is 17.1 Å². The Bertz CT molecular complexity index is 522. The zero-order valence-electron chi connectivity index (χ0n) is 8.52. The third-order valence-corrected chi connectivity index (χ3v) is 4.96. The van der Waals surface area contributed by atoms with Gasteiger partial charge >= 0.3 is 0 Å². The van der Waals surface area contributed by atoms with Crippen LogP contribution in [0.3, 0.4) is 0 Å². The predicted molar refractivity (Wildman–Crippen MR) is 56.2 cm³/mol. The lowest BCUT2D eigenvalue weighted by Gasteiger charge is -2.10. The lowest BCUT2D eigenvalue weighted by atomic mass is 10.3. The van der Waals surface area contributed by atoms with E-state index in [9.17, 15) is 17.6 Å². The molecule has 0 aromatic heterocycles. The van der Waals surface area contributed by atoms with Gasteiger partial charge in [-0.25, -0.2) is 12.8 Å². The minimum absolute atomic E-state index is 0.276. The largest absolute Gasteiger partial charge is 0.298 e. The van der Waals surface area contributed by atoms with Crippen LogP contribution in [0.5, 0.6) is 0 Å². The van der Waals surface area contributed by atoms with E-state index in [4.69, 9.17) is 0 Å². The van der Waals surface area contributed by atoms with Gasteiger partial charge in [-0.2, -0.15) is 0 Å². The number of sulfone groups is 1. The fourth-order valence-corrected chi connectivity index (χ4v) is 3.80. The summed E-state index contributed by atoms with van der Waals surface area (Å²) in [5, 5.41) is -1.05. The fraction of sp³-hybridized carbons (Fsp3) is 0.364. The molecule has 1 aliphatic rings. The Labute approximate surface area is 93.2 Å². The second-order valence-electron chi connectivity index (χ2n) is 3.82. The molecule has 16 heavy (non-hydrogen) atoms. The second-order valence-corrected chi connectivity index (χ2v) is 5.92. The molecule has 0 heterocycles. The molecule has 1 aliphatic carbocycles. The van der Waals surface area contributed by atoms with Crippen LogP contribution in [0.2, 0.25) is 0 Å². The molecule has 5 heteroatoms. The summed E-state index contributed by atoms with van der Waals surface area (Å²) in [5.74, 6) is -1.09. The maximum absolute atomic E-state index is 13.4. The summed E-state index contributed by atoms with van der Waals surface area (Å²) in [6.07, 6.45) is 1.14.